The zero-order chi connectivity index (χ0) is 12.1. The van der Waals surface area contributed by atoms with Gasteiger partial charge in [0, 0.05) is 5.03 Å². The number of nitrogens with zero attached hydrogens (tertiary/aromatic N) is 3. The van der Waals surface area contributed by atoms with Crippen LogP contribution in [0, 0.1) is 10.1 Å². The van der Waals surface area contributed by atoms with Crippen LogP contribution in [0.4, 0.5) is 5.69 Å². The second-order valence-corrected chi connectivity index (χ2v) is 3.48. The summed E-state index contributed by atoms with van der Waals surface area (Å²) in [5, 5.41) is 16.8. The highest BCUT2D eigenvalue weighted by Gasteiger charge is 2.10. The summed E-state index contributed by atoms with van der Waals surface area (Å²) >= 11 is 5.45. The number of carbonyl (C=O) groups excluding carboxylic acids is 1. The average Bonchev–Trinajstić information content (AvgIpc) is 2.63. The van der Waals surface area contributed by atoms with Crippen LogP contribution in [0.25, 0.3) is 0 Å². The molecule has 1 rings (SSSR count). The Morgan fingerprint density at radius 1 is 1.75 bits per heavy atom. The van der Waals surface area contributed by atoms with E-state index in [1.165, 1.54) is 10.9 Å². The molecule has 86 valence electrons. The molecule has 0 atom stereocenters. The van der Waals surface area contributed by atoms with Crippen molar-refractivity contribution < 1.29 is 9.72 Å². The van der Waals surface area contributed by atoms with Gasteiger partial charge in [-0.05, 0) is 0 Å². The normalized spacial score (nSPS) is 9.81. The van der Waals surface area contributed by atoms with E-state index in [4.69, 9.17) is 11.6 Å². The summed E-state index contributed by atoms with van der Waals surface area (Å²) in [6, 6.07) is 0. The molecule has 8 heteroatoms. The van der Waals surface area contributed by atoms with E-state index in [1.807, 2.05) is 0 Å². The van der Waals surface area contributed by atoms with E-state index in [9.17, 15) is 14.9 Å². The number of nitrogens with one attached hydrogen (secondary N) is 1. The first kappa shape index (κ1) is 12.2. The number of carbonyl (C=O) groups is 1. The minimum absolute atomic E-state index is 0.0992. The Morgan fingerprint density at radius 2 is 2.44 bits per heavy atom. The number of hydrogen-bond donors (Lipinski definition) is 1. The lowest BCUT2D eigenvalue weighted by atomic mass is 10.5. The van der Waals surface area contributed by atoms with Gasteiger partial charge in [0.1, 0.15) is 18.9 Å². The van der Waals surface area contributed by atoms with Gasteiger partial charge in [-0.3, -0.25) is 19.6 Å². The lowest BCUT2D eigenvalue weighted by Gasteiger charge is -2.02. The van der Waals surface area contributed by atoms with E-state index < -0.39 is 4.92 Å². The molecule has 0 bridgehead atoms. The molecule has 0 fully saturated rings. The summed E-state index contributed by atoms with van der Waals surface area (Å²) in [4.78, 5) is 21.0. The van der Waals surface area contributed by atoms with Crippen molar-refractivity contribution in [3.63, 3.8) is 0 Å². The van der Waals surface area contributed by atoms with Gasteiger partial charge in [0.2, 0.25) is 5.91 Å². The van der Waals surface area contributed by atoms with Crippen LogP contribution in [0.1, 0.15) is 0 Å². The van der Waals surface area contributed by atoms with Crippen molar-refractivity contribution in [1.29, 1.82) is 0 Å². The standard InChI is InChI=1S/C8H9ClN4O3/c1-6(9)2-10-8(14)5-12-4-7(3-11-12)13(15)16/h3-4H,1-2,5H2,(H,10,14). The van der Waals surface area contributed by atoms with Crippen LogP contribution in [-0.4, -0.2) is 27.2 Å². The van der Waals surface area contributed by atoms with Crippen molar-refractivity contribution in [1.82, 2.24) is 15.1 Å². The molecular weight excluding hydrogens is 236 g/mol. The van der Waals surface area contributed by atoms with Crippen LogP contribution in [0.15, 0.2) is 24.0 Å². The number of rotatable bonds is 5. The van der Waals surface area contributed by atoms with Crippen molar-refractivity contribution in [3.05, 3.63) is 34.1 Å². The molecule has 1 aromatic rings. The number of amides is 1. The van der Waals surface area contributed by atoms with Gasteiger partial charge in [0.15, 0.2) is 0 Å². The summed E-state index contributed by atoms with van der Waals surface area (Å²) < 4.78 is 1.17. The van der Waals surface area contributed by atoms with Crippen LogP contribution in [0.2, 0.25) is 0 Å². The summed E-state index contributed by atoms with van der Waals surface area (Å²) in [6.07, 6.45) is 2.25. The van der Waals surface area contributed by atoms with E-state index in [-0.39, 0.29) is 24.7 Å². The molecule has 0 aromatic carbocycles. The van der Waals surface area contributed by atoms with E-state index in [0.29, 0.717) is 5.03 Å². The summed E-state index contributed by atoms with van der Waals surface area (Å²) in [7, 11) is 0. The second kappa shape index (κ2) is 5.26. The lowest BCUT2D eigenvalue weighted by molar-refractivity contribution is -0.385. The highest BCUT2D eigenvalue weighted by atomic mass is 35.5. The minimum Gasteiger partial charge on any atom is -0.350 e. The molecular formula is C8H9ClN4O3. The highest BCUT2D eigenvalue weighted by molar-refractivity contribution is 6.29. The molecule has 0 aliphatic heterocycles. The van der Waals surface area contributed by atoms with Gasteiger partial charge in [0.25, 0.3) is 0 Å². The number of aromatic nitrogens is 2. The summed E-state index contributed by atoms with van der Waals surface area (Å²) in [5.41, 5.74) is -0.158. The molecule has 1 heterocycles. The molecule has 0 aliphatic carbocycles. The lowest BCUT2D eigenvalue weighted by Crippen LogP contribution is -2.28. The smallest absolute Gasteiger partial charge is 0.307 e. The van der Waals surface area contributed by atoms with Gasteiger partial charge in [-0.15, -0.1) is 0 Å². The monoisotopic (exact) mass is 244 g/mol. The molecule has 16 heavy (non-hydrogen) atoms. The fourth-order valence-electron chi connectivity index (χ4n) is 0.931. The van der Waals surface area contributed by atoms with Gasteiger partial charge in [-0.1, -0.05) is 18.2 Å². The Hall–Kier alpha value is -1.89. The maximum absolute atomic E-state index is 11.3. The van der Waals surface area contributed by atoms with Crippen molar-refractivity contribution in [2.24, 2.45) is 0 Å². The van der Waals surface area contributed by atoms with Crippen LogP contribution in [0.3, 0.4) is 0 Å². The first-order valence-corrected chi connectivity index (χ1v) is 4.63. The van der Waals surface area contributed by atoms with Gasteiger partial charge < -0.3 is 5.32 Å². The third kappa shape index (κ3) is 3.70. The third-order valence-electron chi connectivity index (χ3n) is 1.61. The van der Waals surface area contributed by atoms with E-state index in [1.54, 1.807) is 0 Å². The largest absolute Gasteiger partial charge is 0.350 e. The van der Waals surface area contributed by atoms with E-state index in [2.05, 4.69) is 17.0 Å². The Labute approximate surface area is 95.8 Å². The van der Waals surface area contributed by atoms with Crippen LogP contribution in [-0.2, 0) is 11.3 Å². The summed E-state index contributed by atoms with van der Waals surface area (Å²) in [5.74, 6) is -0.347. The molecule has 0 saturated carbocycles. The van der Waals surface area contributed by atoms with Gasteiger partial charge in [0.05, 0.1) is 11.5 Å². The molecule has 0 saturated heterocycles. The molecule has 0 unspecified atom stereocenters. The SMILES string of the molecule is C=C(Cl)CNC(=O)Cn1cc([N+](=O)[O-])cn1. The van der Waals surface area contributed by atoms with Crippen molar-refractivity contribution in [2.45, 2.75) is 6.54 Å². The second-order valence-electron chi connectivity index (χ2n) is 2.95. The van der Waals surface area contributed by atoms with E-state index in [0.717, 1.165) is 6.20 Å². The first-order valence-electron chi connectivity index (χ1n) is 4.26. The Kier molecular flexibility index (Phi) is 4.01. The van der Waals surface area contributed by atoms with Crippen LogP contribution < -0.4 is 5.32 Å². The minimum atomic E-state index is -0.581. The highest BCUT2D eigenvalue weighted by Crippen LogP contribution is 2.07. The maximum Gasteiger partial charge on any atom is 0.307 e. The zero-order valence-electron chi connectivity index (χ0n) is 8.22. The fraction of sp³-hybridized carbons (Fsp3) is 0.250. The predicted octanol–water partition coefficient (Wildman–Crippen LogP) is 0.660. The molecule has 0 spiro atoms. The van der Waals surface area contributed by atoms with Crippen LogP contribution in [0.5, 0.6) is 0 Å². The number of nitro groups is 1. The van der Waals surface area contributed by atoms with Crippen molar-refractivity contribution in [3.8, 4) is 0 Å². The van der Waals surface area contributed by atoms with Gasteiger partial charge in [-0.2, -0.15) is 5.10 Å². The quantitative estimate of drug-likeness (QED) is 0.609. The third-order valence-corrected chi connectivity index (χ3v) is 1.75. The summed E-state index contributed by atoms with van der Waals surface area (Å²) in [6.45, 7) is 3.46. The number of hydrogen-bond acceptors (Lipinski definition) is 4. The Bertz CT molecular complexity index is 429. The van der Waals surface area contributed by atoms with Gasteiger partial charge in [-0.25, -0.2) is 0 Å². The Morgan fingerprint density at radius 3 is 2.94 bits per heavy atom. The zero-order valence-corrected chi connectivity index (χ0v) is 8.98. The fourth-order valence-corrected chi connectivity index (χ4v) is 0.998. The molecule has 7 nitrogen and oxygen atoms in total. The molecule has 0 aliphatic rings. The van der Waals surface area contributed by atoms with Crippen LogP contribution >= 0.6 is 11.6 Å². The van der Waals surface area contributed by atoms with Crippen molar-refractivity contribution >= 4 is 23.2 Å². The predicted molar refractivity (Wildman–Crippen MR) is 56.9 cm³/mol. The van der Waals surface area contributed by atoms with E-state index >= 15 is 0 Å². The Balaban J connectivity index is 2.49. The number of halogens is 1. The molecule has 0 radical (unpaired) electrons. The molecule has 1 N–H and O–H groups in total. The first-order chi connectivity index (χ1) is 7.49. The maximum atomic E-state index is 11.3. The molecule has 1 amide bonds. The van der Waals surface area contributed by atoms with Gasteiger partial charge >= 0.3 is 5.69 Å². The topological polar surface area (TPSA) is 90.1 Å². The average molecular weight is 245 g/mol. The molecule has 1 aromatic heterocycles. The van der Waals surface area contributed by atoms with Crippen molar-refractivity contribution in [2.75, 3.05) is 6.54 Å².